The SMILES string of the molecule is CCN.CCNC(=O)Cc1ccn[nH]1.COC(=O)c1sccc1O.NNC(=O)Cc1ccn[nH]1.O=C(O)Cc1ccn[nH]1. The average molecular weight is 623 g/mol. The van der Waals surface area contributed by atoms with Crippen molar-refractivity contribution in [3.05, 3.63) is 70.2 Å². The van der Waals surface area contributed by atoms with Crippen LogP contribution in [-0.4, -0.2) is 84.8 Å². The first-order chi connectivity index (χ1) is 20.6. The number of thiophene rings is 1. The van der Waals surface area contributed by atoms with Crippen LogP contribution < -0.4 is 22.3 Å². The number of carboxylic acids is 1. The summed E-state index contributed by atoms with van der Waals surface area (Å²) in [5, 5.41) is 40.4. The van der Waals surface area contributed by atoms with Crippen LogP contribution in [0.3, 0.4) is 0 Å². The van der Waals surface area contributed by atoms with E-state index in [1.54, 1.807) is 36.0 Å². The number of amides is 2. The van der Waals surface area contributed by atoms with Gasteiger partial charge in [-0.05, 0) is 43.1 Å². The molecule has 17 nitrogen and oxygen atoms in total. The molecule has 0 bridgehead atoms. The van der Waals surface area contributed by atoms with Gasteiger partial charge in [0.2, 0.25) is 11.8 Å². The van der Waals surface area contributed by atoms with Crippen LogP contribution in [0.2, 0.25) is 0 Å². The molecule has 0 saturated carbocycles. The van der Waals surface area contributed by atoms with Crippen LogP contribution in [0, 0.1) is 0 Å². The lowest BCUT2D eigenvalue weighted by atomic mass is 10.3. The molecule has 0 aliphatic heterocycles. The van der Waals surface area contributed by atoms with Gasteiger partial charge in [0.25, 0.3) is 0 Å². The third-order valence-electron chi connectivity index (χ3n) is 4.27. The molecule has 0 atom stereocenters. The number of aromatic nitrogens is 6. The molecule has 0 unspecified atom stereocenters. The lowest BCUT2D eigenvalue weighted by Gasteiger charge is -1.97. The second-order valence-electron chi connectivity index (χ2n) is 7.73. The third-order valence-corrected chi connectivity index (χ3v) is 5.15. The molecule has 11 N–H and O–H groups in total. The lowest BCUT2D eigenvalue weighted by molar-refractivity contribution is -0.136. The van der Waals surface area contributed by atoms with Crippen molar-refractivity contribution in [2.24, 2.45) is 11.6 Å². The number of hydrazine groups is 1. The summed E-state index contributed by atoms with van der Waals surface area (Å²) in [5.41, 5.74) is 9.09. The average Bonchev–Trinajstić information content (AvgIpc) is 3.80. The van der Waals surface area contributed by atoms with E-state index in [9.17, 15) is 19.2 Å². The summed E-state index contributed by atoms with van der Waals surface area (Å²) >= 11 is 1.16. The first-order valence-corrected chi connectivity index (χ1v) is 13.5. The zero-order valence-electron chi connectivity index (χ0n) is 24.0. The van der Waals surface area contributed by atoms with Crippen molar-refractivity contribution >= 4 is 35.1 Å². The van der Waals surface area contributed by atoms with Crippen molar-refractivity contribution in [1.29, 1.82) is 0 Å². The number of ether oxygens (including phenoxy) is 1. The lowest BCUT2D eigenvalue weighted by Crippen LogP contribution is -2.31. The Hall–Kier alpha value is -5.07. The van der Waals surface area contributed by atoms with Crippen LogP contribution in [0.1, 0.15) is 40.6 Å². The van der Waals surface area contributed by atoms with E-state index in [2.05, 4.69) is 40.6 Å². The Bertz CT molecular complexity index is 1280. The number of hydrogen-bond acceptors (Lipinski definition) is 12. The highest BCUT2D eigenvalue weighted by atomic mass is 32.1. The Balaban J connectivity index is 0.000000531. The van der Waals surface area contributed by atoms with E-state index < -0.39 is 11.9 Å². The number of rotatable bonds is 8. The van der Waals surface area contributed by atoms with E-state index in [1.165, 1.54) is 19.4 Å². The van der Waals surface area contributed by atoms with Crippen molar-refractivity contribution < 1.29 is 34.1 Å². The maximum atomic E-state index is 11.0. The number of hydrogen-bond donors (Lipinski definition) is 9. The first kappa shape index (κ1) is 37.9. The maximum Gasteiger partial charge on any atom is 0.351 e. The molecule has 4 aromatic rings. The number of likely N-dealkylation sites (N-methyl/N-ethyl adjacent to an activating group) is 1. The van der Waals surface area contributed by atoms with Crippen LogP contribution >= 0.6 is 11.3 Å². The van der Waals surface area contributed by atoms with Crippen LogP contribution in [0.25, 0.3) is 0 Å². The second-order valence-corrected chi connectivity index (χ2v) is 8.64. The minimum absolute atomic E-state index is 0.0139. The highest BCUT2D eigenvalue weighted by molar-refractivity contribution is 7.12. The number of nitrogens with one attached hydrogen (secondary N) is 5. The quantitative estimate of drug-likeness (QED) is 0.0554. The van der Waals surface area contributed by atoms with Gasteiger partial charge in [0.05, 0.1) is 26.4 Å². The van der Waals surface area contributed by atoms with Gasteiger partial charge < -0.3 is 26.0 Å². The van der Waals surface area contributed by atoms with Crippen molar-refractivity contribution in [1.82, 2.24) is 41.3 Å². The van der Waals surface area contributed by atoms with E-state index in [0.29, 0.717) is 18.7 Å². The van der Waals surface area contributed by atoms with Crippen LogP contribution in [0.4, 0.5) is 0 Å². The van der Waals surface area contributed by atoms with Crippen LogP contribution in [0.15, 0.2) is 48.2 Å². The van der Waals surface area contributed by atoms with Gasteiger partial charge in [-0.25, -0.2) is 10.6 Å². The Morgan fingerprint density at radius 1 is 0.884 bits per heavy atom. The molecule has 0 saturated heterocycles. The fourth-order valence-electron chi connectivity index (χ4n) is 2.52. The first-order valence-electron chi connectivity index (χ1n) is 12.6. The molecule has 2 amide bonds. The summed E-state index contributed by atoms with van der Waals surface area (Å²) in [4.78, 5) is 42.5. The number of carbonyl (C=O) groups is 4. The number of methoxy groups -OCH3 is 1. The number of nitrogens with zero attached hydrogens (tertiary/aromatic N) is 3. The predicted octanol–water partition coefficient (Wildman–Crippen LogP) is 0.273. The summed E-state index contributed by atoms with van der Waals surface area (Å²) in [7, 11) is 1.28. The molecule has 0 fully saturated rings. The number of carbonyl (C=O) groups excluding carboxylic acids is 3. The summed E-state index contributed by atoms with van der Waals surface area (Å²) in [6.45, 7) is 5.22. The van der Waals surface area contributed by atoms with Crippen LogP contribution in [0.5, 0.6) is 5.75 Å². The molecular formula is C25H38N10O7S. The minimum atomic E-state index is -0.848. The van der Waals surface area contributed by atoms with E-state index in [0.717, 1.165) is 29.3 Å². The van der Waals surface area contributed by atoms with Gasteiger partial charge in [0, 0.05) is 42.2 Å². The molecule has 4 rings (SSSR count). The Kier molecular flexibility index (Phi) is 20.8. The number of aliphatic carboxylic acids is 1. The topological polar surface area (TPSA) is 280 Å². The van der Waals surface area contributed by atoms with E-state index >= 15 is 0 Å². The number of aromatic hydroxyl groups is 1. The van der Waals surface area contributed by atoms with Gasteiger partial charge >= 0.3 is 11.9 Å². The minimum Gasteiger partial charge on any atom is -0.506 e. The molecule has 18 heteroatoms. The van der Waals surface area contributed by atoms with Crippen molar-refractivity contribution in [2.75, 3.05) is 20.2 Å². The number of carboxylic acid groups (broad SMARTS) is 1. The highest BCUT2D eigenvalue weighted by Crippen LogP contribution is 2.23. The fraction of sp³-hybridized carbons (Fsp3) is 0.320. The molecule has 0 radical (unpaired) electrons. The number of H-pyrrole nitrogens is 3. The van der Waals surface area contributed by atoms with Crippen molar-refractivity contribution in [3.8, 4) is 5.75 Å². The van der Waals surface area contributed by atoms with Gasteiger partial charge in [-0.1, -0.05) is 6.92 Å². The number of esters is 1. The summed E-state index contributed by atoms with van der Waals surface area (Å²) in [6, 6.07) is 6.59. The molecule has 0 spiro atoms. The predicted molar refractivity (Wildman–Crippen MR) is 158 cm³/mol. The van der Waals surface area contributed by atoms with Gasteiger partial charge in [0.1, 0.15) is 5.75 Å². The normalized spacial score (nSPS) is 9.14. The molecule has 43 heavy (non-hydrogen) atoms. The molecule has 0 aliphatic carbocycles. The third kappa shape index (κ3) is 18.8. The Labute approximate surface area is 251 Å². The molecule has 0 aromatic carbocycles. The smallest absolute Gasteiger partial charge is 0.351 e. The standard InChI is InChI=1S/C7H11N3O.C6H6O3S.C5H8N4O.C5H6N2O2.C2H7N/c1-2-8-7(11)5-6-3-4-9-10-6;1-9-6(8)5-4(7)2-3-10-5;6-8-5(10)3-4-1-2-7-9-4;8-5(9)3-4-1-2-6-7-4;1-2-3/h3-4H,2,5H2,1H3,(H,8,11)(H,9,10);2-3,7H,1H3;1-2H,3,6H2,(H,7,9)(H,8,10);1-2H,3H2,(H,6,7)(H,8,9);2-3H2,1H3. The van der Waals surface area contributed by atoms with Crippen LogP contribution in [-0.2, 0) is 38.4 Å². The van der Waals surface area contributed by atoms with Crippen molar-refractivity contribution in [3.63, 3.8) is 0 Å². The fourth-order valence-corrected chi connectivity index (χ4v) is 3.22. The molecule has 4 aromatic heterocycles. The number of nitrogens with two attached hydrogens (primary N) is 2. The Morgan fingerprint density at radius 3 is 1.67 bits per heavy atom. The van der Waals surface area contributed by atoms with Gasteiger partial charge in [0.15, 0.2) is 4.88 Å². The van der Waals surface area contributed by atoms with Crippen molar-refractivity contribution in [2.45, 2.75) is 33.1 Å². The zero-order chi connectivity index (χ0) is 32.5. The molecule has 0 aliphatic rings. The monoisotopic (exact) mass is 622 g/mol. The summed E-state index contributed by atoms with van der Waals surface area (Å²) in [6.07, 6.45) is 5.39. The highest BCUT2D eigenvalue weighted by Gasteiger charge is 2.11. The van der Waals surface area contributed by atoms with Gasteiger partial charge in [-0.3, -0.25) is 35.1 Å². The molecular weight excluding hydrogens is 584 g/mol. The van der Waals surface area contributed by atoms with Gasteiger partial charge in [-0.2, -0.15) is 15.3 Å². The summed E-state index contributed by atoms with van der Waals surface area (Å²) < 4.78 is 4.39. The summed E-state index contributed by atoms with van der Waals surface area (Å²) in [5.74, 6) is 3.29. The Morgan fingerprint density at radius 2 is 1.35 bits per heavy atom. The molecule has 236 valence electrons. The molecule has 4 heterocycles. The zero-order valence-corrected chi connectivity index (χ0v) is 24.8. The van der Waals surface area contributed by atoms with Gasteiger partial charge in [-0.15, -0.1) is 11.3 Å². The maximum absolute atomic E-state index is 11.0. The van der Waals surface area contributed by atoms with E-state index in [1.807, 2.05) is 19.3 Å². The van der Waals surface area contributed by atoms with E-state index in [-0.39, 0.29) is 35.3 Å². The largest absolute Gasteiger partial charge is 0.506 e. The second kappa shape index (κ2) is 23.6. The number of aromatic amines is 3. The van der Waals surface area contributed by atoms with E-state index in [4.69, 9.17) is 21.8 Å².